The molecule has 5 rings (SSSR count). The third kappa shape index (κ3) is 18.7. The number of carbonyl (C=O) groups excluding carboxylic acids is 6. The fourth-order valence-electron chi connectivity index (χ4n) is 3.98. The van der Waals surface area contributed by atoms with Crippen molar-refractivity contribution in [1.82, 2.24) is 41.5 Å². The van der Waals surface area contributed by atoms with E-state index in [0.29, 0.717) is 39.5 Å². The Morgan fingerprint density at radius 2 is 1.17 bits per heavy atom. The molecule has 5 aromatic heterocycles. The lowest BCUT2D eigenvalue weighted by Crippen LogP contribution is -2.47. The molecule has 5 heterocycles. The van der Waals surface area contributed by atoms with Gasteiger partial charge in [-0.3, -0.25) is 39.5 Å². The number of nitrogens with one attached hydrogen (secondary N) is 5. The molecule has 0 saturated carbocycles. The maximum atomic E-state index is 12.0. The van der Waals surface area contributed by atoms with Crippen molar-refractivity contribution >= 4 is 82.0 Å². The number of H-pyrrole nitrogens is 1. The van der Waals surface area contributed by atoms with Crippen LogP contribution in [-0.2, 0) is 23.9 Å². The first kappa shape index (κ1) is 51.4. The van der Waals surface area contributed by atoms with Crippen molar-refractivity contribution in [3.05, 3.63) is 97.5 Å². The van der Waals surface area contributed by atoms with Gasteiger partial charge >= 0.3 is 11.9 Å². The second kappa shape index (κ2) is 27.9. The first-order valence-electron chi connectivity index (χ1n) is 17.7. The van der Waals surface area contributed by atoms with Crippen LogP contribution in [0.2, 0.25) is 0 Å². The smallest absolute Gasteiger partial charge is 0.328 e. The number of pyridine rings is 1. The third-order valence-corrected chi connectivity index (χ3v) is 9.57. The van der Waals surface area contributed by atoms with Crippen LogP contribution in [0.1, 0.15) is 82.4 Å². The maximum Gasteiger partial charge on any atom is 0.328 e. The van der Waals surface area contributed by atoms with E-state index < -0.39 is 30.0 Å². The summed E-state index contributed by atoms with van der Waals surface area (Å²) in [5.41, 5.74) is 7.99. The zero-order valence-corrected chi connectivity index (χ0v) is 36.4. The lowest BCUT2D eigenvalue weighted by molar-refractivity contribution is -0.145. The largest absolute Gasteiger partial charge is 0.465 e. The minimum atomic E-state index is -0.630. The topological polar surface area (TPSA) is 275 Å². The monoisotopic (exact) mass is 892 g/mol. The molecule has 0 aliphatic heterocycles. The summed E-state index contributed by atoms with van der Waals surface area (Å²) in [5.74, 6) is 4.32. The molecular weight excluding hydrogens is 844 g/mol. The van der Waals surface area contributed by atoms with Crippen LogP contribution in [0.4, 0.5) is 0 Å². The summed E-state index contributed by atoms with van der Waals surface area (Å²) in [6.07, 6.45) is 3.38. The molecule has 0 aliphatic rings. The lowest BCUT2D eigenvalue weighted by atomic mass is 10.2. The SMILES string of the molecule is CC(NC(=O)c1cccs1)C(=O)NN.CC(NC(=O)c1cccs1)c1nc(-c2ccncc2)n[nH]1.CCOC(=O)C(C)N.CCOC(=O)C(C)NC(=O)c1cccs1.Cl. The van der Waals surface area contributed by atoms with E-state index in [9.17, 15) is 28.8 Å². The number of nitrogens with two attached hydrogens (primary N) is 2. The number of hydrogen-bond acceptors (Lipinski definition) is 16. The summed E-state index contributed by atoms with van der Waals surface area (Å²) < 4.78 is 9.31. The number of carbonyl (C=O) groups is 6. The van der Waals surface area contributed by atoms with Gasteiger partial charge in [0.2, 0.25) is 0 Å². The van der Waals surface area contributed by atoms with Gasteiger partial charge in [-0.25, -0.2) is 15.6 Å². The van der Waals surface area contributed by atoms with E-state index in [1.807, 2.05) is 41.3 Å². The van der Waals surface area contributed by atoms with Gasteiger partial charge in [0.1, 0.15) is 23.9 Å². The summed E-state index contributed by atoms with van der Waals surface area (Å²) in [6.45, 7) is 10.8. The number of hydrazine groups is 1. The quantitative estimate of drug-likeness (QED) is 0.0381. The molecule has 0 aromatic carbocycles. The van der Waals surface area contributed by atoms with Crippen LogP contribution in [0, 0.1) is 0 Å². The first-order valence-corrected chi connectivity index (χ1v) is 20.3. The highest BCUT2D eigenvalue weighted by Crippen LogP contribution is 2.17. The molecule has 0 bridgehead atoms. The number of esters is 2. The maximum absolute atomic E-state index is 12.0. The second-order valence-electron chi connectivity index (χ2n) is 11.6. The normalized spacial score (nSPS) is 11.9. The van der Waals surface area contributed by atoms with Crippen molar-refractivity contribution in [3.63, 3.8) is 0 Å². The fourth-order valence-corrected chi connectivity index (χ4v) is 5.86. The van der Waals surface area contributed by atoms with Crippen molar-refractivity contribution in [2.75, 3.05) is 13.2 Å². The molecule has 0 aliphatic carbocycles. The van der Waals surface area contributed by atoms with E-state index in [-0.39, 0.29) is 42.1 Å². The van der Waals surface area contributed by atoms with Gasteiger partial charge in [0.05, 0.1) is 33.9 Å². The Labute approximate surface area is 359 Å². The number of halogens is 1. The van der Waals surface area contributed by atoms with Crippen molar-refractivity contribution in [2.45, 2.75) is 65.7 Å². The number of hydrogen-bond donors (Lipinski definition) is 7. The molecule has 320 valence electrons. The number of ether oxygens (including phenoxy) is 2. The van der Waals surface area contributed by atoms with Crippen LogP contribution < -0.4 is 33.0 Å². The molecular formula is C37H49ClN10O8S3. The van der Waals surface area contributed by atoms with Gasteiger partial charge in [-0.05, 0) is 88.0 Å². The number of nitrogens with zero attached hydrogens (tertiary/aromatic N) is 3. The van der Waals surface area contributed by atoms with Crippen LogP contribution in [0.3, 0.4) is 0 Å². The first-order chi connectivity index (χ1) is 27.7. The number of aromatic amines is 1. The van der Waals surface area contributed by atoms with Crippen molar-refractivity contribution in [2.24, 2.45) is 11.6 Å². The number of amides is 4. The molecule has 4 amide bonds. The summed E-state index contributed by atoms with van der Waals surface area (Å²) >= 11 is 4.06. The molecule has 0 fully saturated rings. The second-order valence-corrected chi connectivity index (χ2v) is 14.4. The lowest BCUT2D eigenvalue weighted by Gasteiger charge is -2.11. The molecule has 5 aromatic rings. The van der Waals surface area contributed by atoms with E-state index in [4.69, 9.17) is 16.3 Å². The summed E-state index contributed by atoms with van der Waals surface area (Å²) in [7, 11) is 0. The van der Waals surface area contributed by atoms with E-state index in [1.54, 1.807) is 82.7 Å². The third-order valence-electron chi connectivity index (χ3n) is 6.96. The zero-order valence-electron chi connectivity index (χ0n) is 33.1. The summed E-state index contributed by atoms with van der Waals surface area (Å²) in [4.78, 5) is 77.7. The Balaban J connectivity index is 0.000000411. The highest BCUT2D eigenvalue weighted by molar-refractivity contribution is 7.12. The van der Waals surface area contributed by atoms with Gasteiger partial charge in [-0.15, -0.1) is 46.4 Å². The number of thiophene rings is 3. The summed E-state index contributed by atoms with van der Waals surface area (Å²) in [6, 6.07) is 12.3. The Kier molecular flexibility index (Phi) is 24.4. The molecule has 4 atom stereocenters. The van der Waals surface area contributed by atoms with E-state index in [0.717, 1.165) is 5.56 Å². The van der Waals surface area contributed by atoms with Crippen molar-refractivity contribution < 1.29 is 38.2 Å². The van der Waals surface area contributed by atoms with Crippen LogP contribution in [0.15, 0.2) is 77.1 Å². The van der Waals surface area contributed by atoms with Gasteiger partial charge in [-0.2, -0.15) is 5.10 Å². The molecule has 0 spiro atoms. The van der Waals surface area contributed by atoms with Crippen LogP contribution >= 0.6 is 46.4 Å². The van der Waals surface area contributed by atoms with Gasteiger partial charge < -0.3 is 31.2 Å². The van der Waals surface area contributed by atoms with Crippen LogP contribution in [-0.4, -0.2) is 87.1 Å². The fraction of sp³-hybridized carbons (Fsp3) is 0.324. The van der Waals surface area contributed by atoms with Crippen molar-refractivity contribution in [1.29, 1.82) is 0 Å². The van der Waals surface area contributed by atoms with Gasteiger partial charge in [-0.1, -0.05) is 18.2 Å². The van der Waals surface area contributed by atoms with Gasteiger partial charge in [0.15, 0.2) is 5.82 Å². The molecule has 22 heteroatoms. The molecule has 4 unspecified atom stereocenters. The minimum absolute atomic E-state index is 0. The van der Waals surface area contributed by atoms with E-state index in [1.165, 1.54) is 34.0 Å². The molecule has 0 saturated heterocycles. The van der Waals surface area contributed by atoms with Crippen LogP contribution in [0.5, 0.6) is 0 Å². The number of aromatic nitrogens is 4. The Hall–Kier alpha value is -5.58. The summed E-state index contributed by atoms with van der Waals surface area (Å²) in [5, 5.41) is 20.5. The van der Waals surface area contributed by atoms with E-state index in [2.05, 4.69) is 40.9 Å². The molecule has 9 N–H and O–H groups in total. The molecule has 59 heavy (non-hydrogen) atoms. The minimum Gasteiger partial charge on any atom is -0.465 e. The van der Waals surface area contributed by atoms with Gasteiger partial charge in [0, 0.05) is 18.0 Å². The predicted octanol–water partition coefficient (Wildman–Crippen LogP) is 4.02. The van der Waals surface area contributed by atoms with Gasteiger partial charge in [0.25, 0.3) is 23.6 Å². The predicted molar refractivity (Wildman–Crippen MR) is 229 cm³/mol. The Bertz CT molecular complexity index is 1980. The average molecular weight is 894 g/mol. The zero-order chi connectivity index (χ0) is 43.0. The molecule has 0 radical (unpaired) electrons. The van der Waals surface area contributed by atoms with E-state index >= 15 is 0 Å². The Morgan fingerprint density at radius 3 is 1.58 bits per heavy atom. The van der Waals surface area contributed by atoms with Crippen molar-refractivity contribution in [3.8, 4) is 11.4 Å². The number of rotatable bonds is 13. The highest BCUT2D eigenvalue weighted by Gasteiger charge is 2.19. The average Bonchev–Trinajstić information content (AvgIpc) is 4.07. The van der Waals surface area contributed by atoms with Crippen LogP contribution in [0.25, 0.3) is 11.4 Å². The molecule has 18 nitrogen and oxygen atoms in total. The highest BCUT2D eigenvalue weighted by atomic mass is 35.5. The Morgan fingerprint density at radius 1 is 0.712 bits per heavy atom. The standard InChI is InChI=1S/C14H13N5OS.C10H13NO3S.C8H11N3O2S.C5H11NO2.ClH/c1-9(16-14(20)11-3-2-8-21-11)12-17-13(19-18-12)10-4-6-15-7-5-10;1-3-14-10(13)7(2)11-9(12)8-5-4-6-15-8;1-5(7(12)11-9)10-8(13)6-3-2-4-14-6;1-3-8-5(7)4(2)6;/h2-9H,1H3,(H,16,20)(H,17,18,19);4-7H,3H2,1-2H3,(H,11,12);2-5H,9H2,1H3,(H,10,13)(H,11,12);4H,3,6H2,1-2H3;1H.